The van der Waals surface area contributed by atoms with Crippen molar-refractivity contribution >= 4 is 24.2 Å². The quantitative estimate of drug-likeness (QED) is 0.732. The van der Waals surface area contributed by atoms with Crippen LogP contribution in [0.25, 0.3) is 0 Å². The van der Waals surface area contributed by atoms with Gasteiger partial charge in [0.05, 0.1) is 5.92 Å². The number of hydrogen-bond acceptors (Lipinski definition) is 3. The largest absolute Gasteiger partial charge is 0.354 e. The lowest BCUT2D eigenvalue weighted by Gasteiger charge is -2.14. The molecule has 2 unspecified atom stereocenters. The van der Waals surface area contributed by atoms with Crippen LogP contribution in [0, 0.1) is 11.8 Å². The molecule has 0 aromatic heterocycles. The molecule has 6 heteroatoms. The van der Waals surface area contributed by atoms with Crippen molar-refractivity contribution < 1.29 is 9.59 Å². The van der Waals surface area contributed by atoms with Gasteiger partial charge in [0.15, 0.2) is 0 Å². The summed E-state index contributed by atoms with van der Waals surface area (Å²) in [5.41, 5.74) is 5.89. The molecule has 1 heterocycles. The van der Waals surface area contributed by atoms with E-state index in [0.717, 1.165) is 0 Å². The van der Waals surface area contributed by atoms with E-state index in [1.165, 1.54) is 12.8 Å². The molecule has 0 radical (unpaired) electrons. The van der Waals surface area contributed by atoms with E-state index >= 15 is 0 Å². The van der Waals surface area contributed by atoms with Crippen LogP contribution in [0.4, 0.5) is 0 Å². The zero-order chi connectivity index (χ0) is 11.7. The zero-order valence-electron chi connectivity index (χ0n) is 10.0. The van der Waals surface area contributed by atoms with Crippen LogP contribution in [0.1, 0.15) is 19.3 Å². The van der Waals surface area contributed by atoms with Gasteiger partial charge in [-0.25, -0.2) is 0 Å². The highest BCUT2D eigenvalue weighted by Crippen LogP contribution is 2.31. The summed E-state index contributed by atoms with van der Waals surface area (Å²) >= 11 is 0. The first-order valence-electron chi connectivity index (χ1n) is 5.85. The number of likely N-dealkylation sites (tertiary alicyclic amines) is 1. The summed E-state index contributed by atoms with van der Waals surface area (Å²) in [4.78, 5) is 24.6. The number of nitrogens with two attached hydrogens (primary N) is 1. The van der Waals surface area contributed by atoms with Gasteiger partial charge >= 0.3 is 0 Å². The summed E-state index contributed by atoms with van der Waals surface area (Å²) in [5, 5.41) is 2.84. The van der Waals surface area contributed by atoms with Crippen LogP contribution in [-0.2, 0) is 9.59 Å². The first-order valence-corrected chi connectivity index (χ1v) is 5.85. The minimum Gasteiger partial charge on any atom is -0.354 e. The van der Waals surface area contributed by atoms with Crippen molar-refractivity contribution in [1.29, 1.82) is 0 Å². The van der Waals surface area contributed by atoms with Gasteiger partial charge in [0.25, 0.3) is 0 Å². The molecule has 0 bridgehead atoms. The van der Waals surface area contributed by atoms with E-state index in [0.29, 0.717) is 25.4 Å². The van der Waals surface area contributed by atoms with Crippen molar-refractivity contribution in [2.45, 2.75) is 25.3 Å². The standard InChI is InChI=1S/C11H19N3O2.ClH/c1-14-6-8(4-10(14)15)11(16)13-5-9(12)7-2-3-7;/h7-9H,2-6,12H2,1H3,(H,13,16);1H. The van der Waals surface area contributed by atoms with Crippen LogP contribution in [-0.4, -0.2) is 42.9 Å². The number of hydrogen-bond donors (Lipinski definition) is 2. The fourth-order valence-corrected chi connectivity index (χ4v) is 2.09. The number of nitrogens with zero attached hydrogens (tertiary/aromatic N) is 1. The summed E-state index contributed by atoms with van der Waals surface area (Å²) in [6, 6.07) is 0.0822. The van der Waals surface area contributed by atoms with E-state index in [4.69, 9.17) is 5.73 Å². The van der Waals surface area contributed by atoms with Gasteiger partial charge in [-0.05, 0) is 18.8 Å². The summed E-state index contributed by atoms with van der Waals surface area (Å²) in [6.45, 7) is 1.07. The van der Waals surface area contributed by atoms with Crippen LogP contribution >= 0.6 is 12.4 Å². The summed E-state index contributed by atoms with van der Waals surface area (Å²) in [5.74, 6) is 0.414. The Morgan fingerprint density at radius 3 is 2.71 bits per heavy atom. The van der Waals surface area contributed by atoms with Crippen LogP contribution in [0.3, 0.4) is 0 Å². The topological polar surface area (TPSA) is 75.4 Å². The molecule has 1 aliphatic carbocycles. The molecule has 3 N–H and O–H groups in total. The van der Waals surface area contributed by atoms with Crippen LogP contribution in [0.2, 0.25) is 0 Å². The van der Waals surface area contributed by atoms with Gasteiger partial charge < -0.3 is 16.0 Å². The molecule has 2 aliphatic rings. The maximum absolute atomic E-state index is 11.7. The van der Waals surface area contributed by atoms with Gasteiger partial charge in [-0.1, -0.05) is 0 Å². The number of nitrogens with one attached hydrogen (secondary N) is 1. The normalized spacial score (nSPS) is 25.4. The molecule has 1 saturated carbocycles. The Bertz CT molecular complexity index is 307. The molecule has 2 atom stereocenters. The second-order valence-electron chi connectivity index (χ2n) is 4.92. The minimum atomic E-state index is -0.191. The zero-order valence-corrected chi connectivity index (χ0v) is 10.8. The van der Waals surface area contributed by atoms with Crippen LogP contribution in [0.15, 0.2) is 0 Å². The Morgan fingerprint density at radius 2 is 2.24 bits per heavy atom. The predicted octanol–water partition coefficient (Wildman–Crippen LogP) is -0.260. The molecule has 2 rings (SSSR count). The van der Waals surface area contributed by atoms with Crippen molar-refractivity contribution in [3.05, 3.63) is 0 Å². The Kier molecular flexibility index (Phi) is 4.77. The SMILES string of the molecule is CN1CC(C(=O)NCC(N)C2CC2)CC1=O.Cl. The molecule has 0 spiro atoms. The number of carbonyl (C=O) groups is 2. The van der Waals surface area contributed by atoms with E-state index in [9.17, 15) is 9.59 Å². The first kappa shape index (κ1) is 14.3. The second kappa shape index (κ2) is 5.69. The molecule has 2 fully saturated rings. The predicted molar refractivity (Wildman–Crippen MR) is 66.7 cm³/mol. The average molecular weight is 262 g/mol. The van der Waals surface area contributed by atoms with E-state index in [1.807, 2.05) is 0 Å². The molecular formula is C11H20ClN3O2. The molecular weight excluding hydrogens is 242 g/mol. The van der Waals surface area contributed by atoms with Gasteiger partial charge in [0.2, 0.25) is 11.8 Å². The summed E-state index contributed by atoms with van der Waals surface area (Å²) in [7, 11) is 1.73. The molecule has 2 amide bonds. The van der Waals surface area contributed by atoms with E-state index in [1.54, 1.807) is 11.9 Å². The van der Waals surface area contributed by atoms with Crippen molar-refractivity contribution in [1.82, 2.24) is 10.2 Å². The molecule has 1 saturated heterocycles. The van der Waals surface area contributed by atoms with Gasteiger partial charge in [-0.15, -0.1) is 12.4 Å². The Balaban J connectivity index is 0.00000144. The summed E-state index contributed by atoms with van der Waals surface area (Å²) < 4.78 is 0. The molecule has 1 aliphatic heterocycles. The Hall–Kier alpha value is -0.810. The smallest absolute Gasteiger partial charge is 0.225 e. The van der Waals surface area contributed by atoms with Crippen molar-refractivity contribution in [2.24, 2.45) is 17.6 Å². The second-order valence-corrected chi connectivity index (χ2v) is 4.92. The average Bonchev–Trinajstić information content (AvgIpc) is 3.03. The highest BCUT2D eigenvalue weighted by atomic mass is 35.5. The van der Waals surface area contributed by atoms with Gasteiger partial charge in [0.1, 0.15) is 0 Å². The van der Waals surface area contributed by atoms with Gasteiger partial charge in [0, 0.05) is 32.6 Å². The maximum atomic E-state index is 11.7. The Labute approximate surface area is 108 Å². The highest BCUT2D eigenvalue weighted by molar-refractivity contribution is 5.89. The fourth-order valence-electron chi connectivity index (χ4n) is 2.09. The summed E-state index contributed by atoms with van der Waals surface area (Å²) in [6.07, 6.45) is 2.70. The molecule has 98 valence electrons. The lowest BCUT2D eigenvalue weighted by Crippen LogP contribution is -2.41. The van der Waals surface area contributed by atoms with Crippen molar-refractivity contribution in [2.75, 3.05) is 20.1 Å². The maximum Gasteiger partial charge on any atom is 0.225 e. The number of rotatable bonds is 4. The van der Waals surface area contributed by atoms with Crippen molar-refractivity contribution in [3.8, 4) is 0 Å². The van der Waals surface area contributed by atoms with Crippen molar-refractivity contribution in [3.63, 3.8) is 0 Å². The highest BCUT2D eigenvalue weighted by Gasteiger charge is 2.33. The third-order valence-corrected chi connectivity index (χ3v) is 3.45. The number of amides is 2. The van der Waals surface area contributed by atoms with E-state index < -0.39 is 0 Å². The van der Waals surface area contributed by atoms with E-state index in [-0.39, 0.29) is 36.2 Å². The van der Waals surface area contributed by atoms with Gasteiger partial charge in [-0.2, -0.15) is 0 Å². The lowest BCUT2D eigenvalue weighted by molar-refractivity contribution is -0.128. The molecule has 5 nitrogen and oxygen atoms in total. The number of carbonyl (C=O) groups excluding carboxylic acids is 2. The molecule has 0 aromatic rings. The molecule has 0 aromatic carbocycles. The Morgan fingerprint density at radius 1 is 1.59 bits per heavy atom. The van der Waals surface area contributed by atoms with E-state index in [2.05, 4.69) is 5.32 Å². The fraction of sp³-hybridized carbons (Fsp3) is 0.818. The molecule has 17 heavy (non-hydrogen) atoms. The third-order valence-electron chi connectivity index (χ3n) is 3.45. The number of halogens is 1. The first-order chi connectivity index (χ1) is 7.58. The van der Waals surface area contributed by atoms with Crippen LogP contribution in [0.5, 0.6) is 0 Å². The van der Waals surface area contributed by atoms with Gasteiger partial charge in [-0.3, -0.25) is 9.59 Å². The monoisotopic (exact) mass is 261 g/mol. The minimum absolute atomic E-state index is 0. The third kappa shape index (κ3) is 3.57. The van der Waals surface area contributed by atoms with Crippen LogP contribution < -0.4 is 11.1 Å². The lowest BCUT2D eigenvalue weighted by atomic mass is 10.1.